The Kier molecular flexibility index (Phi) is 8.22. The second-order valence-electron chi connectivity index (χ2n) is 11.3. The van der Waals surface area contributed by atoms with Crippen molar-refractivity contribution in [2.24, 2.45) is 4.99 Å². The van der Waals surface area contributed by atoms with E-state index in [1.165, 1.54) is 6.20 Å². The molecule has 220 valence electrons. The molecule has 1 atom stereocenters. The molecule has 0 unspecified atom stereocenters. The van der Waals surface area contributed by atoms with E-state index < -0.39 is 5.60 Å². The summed E-state index contributed by atoms with van der Waals surface area (Å²) in [6.45, 7) is 6.46. The highest BCUT2D eigenvalue weighted by atomic mass is 35.5. The van der Waals surface area contributed by atoms with E-state index in [1.807, 2.05) is 40.9 Å². The lowest BCUT2D eigenvalue weighted by Gasteiger charge is -2.34. The average Bonchev–Trinajstić information content (AvgIpc) is 3.25. The summed E-state index contributed by atoms with van der Waals surface area (Å²) in [6.07, 6.45) is 5.90. The summed E-state index contributed by atoms with van der Waals surface area (Å²) in [5.74, 6) is 1.36. The molecule has 1 fully saturated rings. The van der Waals surface area contributed by atoms with Crippen LogP contribution in [0.4, 0.5) is 10.6 Å². The Balaban J connectivity index is 1.56. The van der Waals surface area contributed by atoms with Crippen molar-refractivity contribution in [2.45, 2.75) is 45.3 Å². The fraction of sp³-hybridized carbons (Fsp3) is 0.367. The molecule has 0 aliphatic carbocycles. The minimum absolute atomic E-state index is 0.247. The zero-order chi connectivity index (χ0) is 30.0. The number of halogens is 1. The van der Waals surface area contributed by atoms with E-state index >= 15 is 0 Å². The van der Waals surface area contributed by atoms with Crippen LogP contribution in [0.1, 0.15) is 39.7 Å². The summed E-state index contributed by atoms with van der Waals surface area (Å²) in [7, 11) is 3.73. The lowest BCUT2D eigenvalue weighted by atomic mass is 10.1. The van der Waals surface area contributed by atoms with Crippen molar-refractivity contribution in [3.8, 4) is 17.3 Å². The summed E-state index contributed by atoms with van der Waals surface area (Å²) in [6, 6.07) is 12.1. The molecular formula is C30H34ClN7O4. The summed E-state index contributed by atoms with van der Waals surface area (Å²) in [5.41, 5.74) is 1.02. The van der Waals surface area contributed by atoms with Gasteiger partial charge in [-0.05, 0) is 70.0 Å². The van der Waals surface area contributed by atoms with Gasteiger partial charge in [-0.25, -0.2) is 24.5 Å². The number of carbonyl (C=O) groups is 1. The van der Waals surface area contributed by atoms with Crippen LogP contribution in [0.15, 0.2) is 64.6 Å². The predicted molar refractivity (Wildman–Crippen MR) is 163 cm³/mol. The Labute approximate surface area is 249 Å². The molecule has 0 saturated carbocycles. The third-order valence-corrected chi connectivity index (χ3v) is 6.83. The van der Waals surface area contributed by atoms with Gasteiger partial charge in [0.05, 0.1) is 28.6 Å². The number of carbonyl (C=O) groups excluding carboxylic acids is 1. The van der Waals surface area contributed by atoms with Crippen LogP contribution < -0.4 is 10.4 Å². The van der Waals surface area contributed by atoms with Crippen LogP contribution in [0.2, 0.25) is 5.02 Å². The number of fused-ring (bicyclic) bond motifs is 1. The zero-order valence-electron chi connectivity index (χ0n) is 24.3. The monoisotopic (exact) mass is 591 g/mol. The van der Waals surface area contributed by atoms with Gasteiger partial charge in [-0.1, -0.05) is 11.6 Å². The Bertz CT molecular complexity index is 1650. The first-order valence-electron chi connectivity index (χ1n) is 13.7. The maximum Gasteiger partial charge on any atom is 0.410 e. The number of ether oxygens (including phenoxy) is 2. The average molecular weight is 592 g/mol. The molecule has 1 aliphatic heterocycles. The van der Waals surface area contributed by atoms with Gasteiger partial charge in [-0.2, -0.15) is 0 Å². The third-order valence-electron chi connectivity index (χ3n) is 6.61. The highest BCUT2D eigenvalue weighted by molar-refractivity contribution is 6.30. The van der Waals surface area contributed by atoms with E-state index in [2.05, 4.69) is 15.0 Å². The third kappa shape index (κ3) is 6.41. The molecule has 4 heterocycles. The van der Waals surface area contributed by atoms with Gasteiger partial charge in [0.25, 0.3) is 0 Å². The van der Waals surface area contributed by atoms with E-state index in [9.17, 15) is 9.59 Å². The van der Waals surface area contributed by atoms with Crippen molar-refractivity contribution >= 4 is 40.9 Å². The van der Waals surface area contributed by atoms with E-state index in [0.29, 0.717) is 52.3 Å². The van der Waals surface area contributed by atoms with Crippen LogP contribution in [0.25, 0.3) is 16.7 Å². The van der Waals surface area contributed by atoms with Gasteiger partial charge in [0.1, 0.15) is 16.9 Å². The number of benzene rings is 1. The topological polar surface area (TPSA) is 107 Å². The summed E-state index contributed by atoms with van der Waals surface area (Å²) >= 11 is 5.93. The van der Waals surface area contributed by atoms with Gasteiger partial charge in [-0.15, -0.1) is 0 Å². The van der Waals surface area contributed by atoms with Crippen molar-refractivity contribution in [3.05, 3.63) is 70.4 Å². The number of likely N-dealkylation sites (tertiary alicyclic amines) is 1. The SMILES string of the molecule is CN(C)C=Nc1nccc2c1n(-c1ccc(Oc3ccc(Cl)cn3)cc1)c(=O)n2[C@@H]1CCCN(C(=O)OC(C)(C)C)C1. The van der Waals surface area contributed by atoms with E-state index in [4.69, 9.17) is 21.1 Å². The van der Waals surface area contributed by atoms with E-state index in [0.717, 1.165) is 12.8 Å². The molecular weight excluding hydrogens is 558 g/mol. The first-order chi connectivity index (χ1) is 20.0. The van der Waals surface area contributed by atoms with Crippen LogP contribution in [-0.4, -0.2) is 74.1 Å². The standard InChI is InChI=1S/C30H34ClN7O4/c1-30(2,3)42-29(40)36-16-6-7-22(18-36)37-24-14-15-32-27(34-19-35(4)5)26(24)38(28(37)39)21-9-11-23(12-10-21)41-25-13-8-20(31)17-33-25/h8-15,17,19,22H,6-7,16,18H2,1-5H3/t22-/m1/s1. The molecule has 1 amide bonds. The molecule has 1 aromatic carbocycles. The van der Waals surface area contributed by atoms with Gasteiger partial charge >= 0.3 is 11.8 Å². The van der Waals surface area contributed by atoms with E-state index in [-0.39, 0.29) is 17.8 Å². The highest BCUT2D eigenvalue weighted by Crippen LogP contribution is 2.31. The number of rotatable bonds is 6. The van der Waals surface area contributed by atoms with Crippen molar-refractivity contribution in [1.29, 1.82) is 0 Å². The second-order valence-corrected chi connectivity index (χ2v) is 11.8. The quantitative estimate of drug-likeness (QED) is 0.205. The van der Waals surface area contributed by atoms with Gasteiger partial charge in [0.2, 0.25) is 5.88 Å². The van der Waals surface area contributed by atoms with Crippen LogP contribution in [-0.2, 0) is 4.74 Å². The molecule has 0 spiro atoms. The summed E-state index contributed by atoms with van der Waals surface area (Å²) < 4.78 is 14.8. The highest BCUT2D eigenvalue weighted by Gasteiger charge is 2.31. The smallest absolute Gasteiger partial charge is 0.410 e. The number of nitrogens with zero attached hydrogens (tertiary/aromatic N) is 7. The number of aliphatic imine (C=N–C) groups is 1. The molecule has 0 radical (unpaired) electrons. The Morgan fingerprint density at radius 3 is 2.55 bits per heavy atom. The maximum atomic E-state index is 14.2. The van der Waals surface area contributed by atoms with Gasteiger partial charge in [0, 0.05) is 45.6 Å². The number of amides is 1. The number of aromatic nitrogens is 4. The lowest BCUT2D eigenvalue weighted by molar-refractivity contribution is 0.0173. The number of pyridine rings is 2. The molecule has 0 bridgehead atoms. The Morgan fingerprint density at radius 1 is 1.12 bits per heavy atom. The van der Waals surface area contributed by atoms with Gasteiger partial charge in [-0.3, -0.25) is 9.13 Å². The molecule has 1 aliphatic rings. The normalized spacial score (nSPS) is 15.8. The molecule has 4 aromatic rings. The maximum absolute atomic E-state index is 14.2. The van der Waals surface area contributed by atoms with Crippen LogP contribution in [0.5, 0.6) is 11.6 Å². The fourth-order valence-corrected chi connectivity index (χ4v) is 4.98. The molecule has 5 rings (SSSR count). The molecule has 42 heavy (non-hydrogen) atoms. The van der Waals surface area contributed by atoms with Gasteiger partial charge in [0.15, 0.2) is 5.82 Å². The number of piperidine rings is 1. The lowest BCUT2D eigenvalue weighted by Crippen LogP contribution is -2.45. The summed E-state index contributed by atoms with van der Waals surface area (Å²) in [4.78, 5) is 43.9. The molecule has 1 saturated heterocycles. The van der Waals surface area contributed by atoms with Crippen molar-refractivity contribution in [1.82, 2.24) is 28.9 Å². The van der Waals surface area contributed by atoms with Crippen molar-refractivity contribution in [2.75, 3.05) is 27.2 Å². The number of imidazole rings is 1. The van der Waals surface area contributed by atoms with E-state index in [1.54, 1.807) is 67.9 Å². The Morgan fingerprint density at radius 2 is 1.88 bits per heavy atom. The fourth-order valence-electron chi connectivity index (χ4n) is 4.87. The second kappa shape index (κ2) is 11.8. The molecule has 3 aromatic heterocycles. The number of hydrogen-bond donors (Lipinski definition) is 0. The first kappa shape index (κ1) is 29.1. The van der Waals surface area contributed by atoms with Crippen LogP contribution >= 0.6 is 11.6 Å². The predicted octanol–water partition coefficient (Wildman–Crippen LogP) is 5.82. The first-order valence-corrected chi connectivity index (χ1v) is 14.1. The minimum Gasteiger partial charge on any atom is -0.444 e. The Hall–Kier alpha value is -4.38. The molecule has 11 nitrogen and oxygen atoms in total. The molecule has 12 heteroatoms. The minimum atomic E-state index is -0.610. The van der Waals surface area contributed by atoms with Gasteiger partial charge < -0.3 is 19.3 Å². The zero-order valence-corrected chi connectivity index (χ0v) is 25.1. The van der Waals surface area contributed by atoms with Crippen LogP contribution in [0, 0.1) is 0 Å². The number of hydrogen-bond acceptors (Lipinski definition) is 7. The largest absolute Gasteiger partial charge is 0.444 e. The summed E-state index contributed by atoms with van der Waals surface area (Å²) in [5, 5.41) is 0.516. The molecule has 0 N–H and O–H groups in total. The van der Waals surface area contributed by atoms with Crippen molar-refractivity contribution in [3.63, 3.8) is 0 Å². The van der Waals surface area contributed by atoms with Crippen molar-refractivity contribution < 1.29 is 14.3 Å². The van der Waals surface area contributed by atoms with Crippen LogP contribution in [0.3, 0.4) is 0 Å².